The number of hydrazone groups is 1. The Balaban J connectivity index is 1.58. The summed E-state index contributed by atoms with van der Waals surface area (Å²) in [5, 5.41) is 9.23. The van der Waals surface area contributed by atoms with E-state index in [1.165, 1.54) is 6.21 Å². The van der Waals surface area contributed by atoms with Crippen LogP contribution in [0.4, 0.5) is 11.4 Å². The fraction of sp³-hybridized carbons (Fsp3) is 0.241. The number of ether oxygens (including phenoxy) is 3. The van der Waals surface area contributed by atoms with Crippen molar-refractivity contribution in [1.29, 1.82) is 0 Å². The lowest BCUT2D eigenvalue weighted by Crippen LogP contribution is -2.32. The molecule has 0 saturated carbocycles. The molecular formula is C29H32N4O6. The molecule has 0 unspecified atom stereocenters. The van der Waals surface area contributed by atoms with Gasteiger partial charge in [-0.15, -0.1) is 0 Å². The lowest BCUT2D eigenvalue weighted by Gasteiger charge is -2.14. The molecule has 3 amide bonds. The molecule has 0 saturated heterocycles. The highest BCUT2D eigenvalue weighted by Crippen LogP contribution is 2.28. The van der Waals surface area contributed by atoms with Crippen molar-refractivity contribution in [3.8, 4) is 17.2 Å². The fourth-order valence-corrected chi connectivity index (χ4v) is 3.57. The summed E-state index contributed by atoms with van der Waals surface area (Å²) in [5.74, 6) is -0.904. The van der Waals surface area contributed by atoms with Crippen LogP contribution in [-0.2, 0) is 14.4 Å². The molecule has 0 aliphatic rings. The van der Waals surface area contributed by atoms with Gasteiger partial charge < -0.3 is 24.8 Å². The zero-order valence-electron chi connectivity index (χ0n) is 22.4. The molecule has 10 nitrogen and oxygen atoms in total. The molecule has 3 aromatic rings. The van der Waals surface area contributed by atoms with E-state index in [9.17, 15) is 14.4 Å². The van der Waals surface area contributed by atoms with Crippen LogP contribution < -0.4 is 30.3 Å². The Morgan fingerprint density at radius 1 is 0.769 bits per heavy atom. The zero-order chi connectivity index (χ0) is 28.2. The Labute approximate surface area is 227 Å². The molecule has 0 spiro atoms. The number of para-hydroxylation sites is 3. The van der Waals surface area contributed by atoms with Gasteiger partial charge in [0.2, 0.25) is 0 Å². The van der Waals surface area contributed by atoms with Crippen molar-refractivity contribution in [3.63, 3.8) is 0 Å². The van der Waals surface area contributed by atoms with E-state index < -0.39 is 11.8 Å². The number of nitrogens with zero attached hydrogens (tertiary/aromatic N) is 1. The molecular weight excluding hydrogens is 500 g/mol. The first-order chi connectivity index (χ1) is 18.8. The van der Waals surface area contributed by atoms with Crippen LogP contribution in [-0.4, -0.2) is 43.8 Å². The van der Waals surface area contributed by atoms with Gasteiger partial charge in [-0.1, -0.05) is 30.3 Å². The number of benzene rings is 3. The standard InChI is InChI=1S/C29H32N4O6/c1-5-37-23-13-8-7-12-22(23)31-28(35)29(36)33-30-17-21-14-15-24(25(16-21)38-6-2)39-18-26(34)32-27-19(3)10-9-11-20(27)4/h7-17H,5-6,18H2,1-4H3,(H,31,35)(H,32,34)(H,33,36)/b30-17-. The van der Waals surface area contributed by atoms with Gasteiger partial charge in [0.05, 0.1) is 25.1 Å². The maximum absolute atomic E-state index is 12.5. The van der Waals surface area contributed by atoms with Gasteiger partial charge in [0.25, 0.3) is 5.91 Å². The van der Waals surface area contributed by atoms with Gasteiger partial charge in [0, 0.05) is 5.69 Å². The van der Waals surface area contributed by atoms with E-state index in [1.807, 2.05) is 45.9 Å². The van der Waals surface area contributed by atoms with Crippen molar-refractivity contribution in [2.24, 2.45) is 5.10 Å². The Morgan fingerprint density at radius 2 is 1.46 bits per heavy atom. The summed E-state index contributed by atoms with van der Waals surface area (Å²) in [6.07, 6.45) is 1.36. The fourth-order valence-electron chi connectivity index (χ4n) is 3.57. The number of carbonyl (C=O) groups excluding carboxylic acids is 3. The van der Waals surface area contributed by atoms with E-state index in [2.05, 4.69) is 21.2 Å². The average Bonchev–Trinajstić information content (AvgIpc) is 2.91. The molecule has 0 radical (unpaired) electrons. The monoisotopic (exact) mass is 532 g/mol. The SMILES string of the molecule is CCOc1ccccc1NC(=O)C(=O)N/N=C\c1ccc(OCC(=O)Nc2c(C)cccc2C)c(OCC)c1. The number of aryl methyl sites for hydroxylation is 2. The molecule has 0 heterocycles. The van der Waals surface area contributed by atoms with E-state index >= 15 is 0 Å². The molecule has 3 aromatic carbocycles. The van der Waals surface area contributed by atoms with Crippen molar-refractivity contribution < 1.29 is 28.6 Å². The smallest absolute Gasteiger partial charge is 0.329 e. The highest BCUT2D eigenvalue weighted by molar-refractivity contribution is 6.39. The molecule has 39 heavy (non-hydrogen) atoms. The number of amides is 3. The van der Waals surface area contributed by atoms with Gasteiger partial charge in [0.15, 0.2) is 18.1 Å². The third-order valence-corrected chi connectivity index (χ3v) is 5.39. The molecule has 3 N–H and O–H groups in total. The van der Waals surface area contributed by atoms with Gasteiger partial charge in [-0.25, -0.2) is 5.43 Å². The first kappa shape index (κ1) is 28.7. The minimum Gasteiger partial charge on any atom is -0.492 e. The minimum absolute atomic E-state index is 0.209. The van der Waals surface area contributed by atoms with Crippen LogP contribution in [0.15, 0.2) is 65.8 Å². The van der Waals surface area contributed by atoms with Crippen molar-refractivity contribution in [2.45, 2.75) is 27.7 Å². The normalized spacial score (nSPS) is 10.6. The Morgan fingerprint density at radius 3 is 2.18 bits per heavy atom. The predicted molar refractivity (Wildman–Crippen MR) is 150 cm³/mol. The Kier molecular flexibility index (Phi) is 10.4. The van der Waals surface area contributed by atoms with Crippen LogP contribution in [0.1, 0.15) is 30.5 Å². The van der Waals surface area contributed by atoms with Crippen LogP contribution in [0.25, 0.3) is 0 Å². The third-order valence-electron chi connectivity index (χ3n) is 5.39. The second kappa shape index (κ2) is 14.2. The number of rotatable bonds is 11. The first-order valence-corrected chi connectivity index (χ1v) is 12.4. The maximum Gasteiger partial charge on any atom is 0.329 e. The van der Waals surface area contributed by atoms with Crippen LogP contribution in [0.2, 0.25) is 0 Å². The third kappa shape index (κ3) is 8.32. The zero-order valence-corrected chi connectivity index (χ0v) is 22.4. The number of carbonyl (C=O) groups is 3. The van der Waals surface area contributed by atoms with E-state index in [4.69, 9.17) is 14.2 Å². The summed E-state index contributed by atoms with van der Waals surface area (Å²) in [6.45, 7) is 8.06. The Hall–Kier alpha value is -4.86. The lowest BCUT2D eigenvalue weighted by atomic mass is 10.1. The van der Waals surface area contributed by atoms with Gasteiger partial charge in [-0.05, 0) is 74.7 Å². The van der Waals surface area contributed by atoms with Crippen LogP contribution >= 0.6 is 0 Å². The predicted octanol–water partition coefficient (Wildman–Crippen LogP) is 4.21. The van der Waals surface area contributed by atoms with Crippen molar-refractivity contribution >= 4 is 35.3 Å². The molecule has 3 rings (SSSR count). The molecule has 10 heteroatoms. The highest BCUT2D eigenvalue weighted by Gasteiger charge is 2.15. The van der Waals surface area contributed by atoms with Crippen molar-refractivity contribution in [1.82, 2.24) is 5.43 Å². The minimum atomic E-state index is -0.947. The van der Waals surface area contributed by atoms with Crippen LogP contribution in [0, 0.1) is 13.8 Å². The molecule has 0 aliphatic carbocycles. The molecule has 204 valence electrons. The summed E-state index contributed by atoms with van der Waals surface area (Å²) in [6, 6.07) is 17.5. The molecule has 0 fully saturated rings. The van der Waals surface area contributed by atoms with Crippen LogP contribution in [0.3, 0.4) is 0 Å². The maximum atomic E-state index is 12.5. The quantitative estimate of drug-likeness (QED) is 0.193. The summed E-state index contributed by atoms with van der Waals surface area (Å²) in [5.41, 5.74) is 5.83. The highest BCUT2D eigenvalue weighted by atomic mass is 16.5. The molecule has 0 atom stereocenters. The second-order valence-corrected chi connectivity index (χ2v) is 8.33. The number of anilines is 2. The first-order valence-electron chi connectivity index (χ1n) is 12.4. The number of hydrogen-bond donors (Lipinski definition) is 3. The largest absolute Gasteiger partial charge is 0.492 e. The number of hydrogen-bond acceptors (Lipinski definition) is 7. The van der Waals surface area contributed by atoms with Crippen molar-refractivity contribution in [3.05, 3.63) is 77.4 Å². The van der Waals surface area contributed by atoms with E-state index in [0.717, 1.165) is 16.8 Å². The average molecular weight is 533 g/mol. The Bertz CT molecular complexity index is 1340. The van der Waals surface area contributed by atoms with Crippen LogP contribution in [0.5, 0.6) is 17.2 Å². The summed E-state index contributed by atoms with van der Waals surface area (Å²) in [7, 11) is 0. The lowest BCUT2D eigenvalue weighted by molar-refractivity contribution is -0.136. The van der Waals surface area contributed by atoms with Gasteiger partial charge in [-0.3, -0.25) is 14.4 Å². The molecule has 0 aromatic heterocycles. The summed E-state index contributed by atoms with van der Waals surface area (Å²) in [4.78, 5) is 36.9. The molecule has 0 bridgehead atoms. The number of nitrogens with one attached hydrogen (secondary N) is 3. The molecule has 0 aliphatic heterocycles. The van der Waals surface area contributed by atoms with Gasteiger partial charge in [0.1, 0.15) is 5.75 Å². The van der Waals surface area contributed by atoms with E-state index in [-0.39, 0.29) is 12.5 Å². The summed E-state index contributed by atoms with van der Waals surface area (Å²) >= 11 is 0. The summed E-state index contributed by atoms with van der Waals surface area (Å²) < 4.78 is 16.8. The van der Waals surface area contributed by atoms with E-state index in [1.54, 1.807) is 42.5 Å². The van der Waals surface area contributed by atoms with Crippen molar-refractivity contribution in [2.75, 3.05) is 30.5 Å². The van der Waals surface area contributed by atoms with Gasteiger partial charge >= 0.3 is 11.8 Å². The second-order valence-electron chi connectivity index (χ2n) is 8.33. The van der Waals surface area contributed by atoms with Gasteiger partial charge in [-0.2, -0.15) is 5.10 Å². The topological polar surface area (TPSA) is 127 Å². The van der Waals surface area contributed by atoms with E-state index in [0.29, 0.717) is 41.7 Å².